The SMILES string of the molecule is Cc1cc(C)n2ncc(CN3CCCC3c3c(C)noc3C)c2n1. The zero-order valence-electron chi connectivity index (χ0n) is 14.7. The van der Waals surface area contributed by atoms with Crippen molar-refractivity contribution in [3.63, 3.8) is 0 Å². The number of nitrogens with zero attached hydrogens (tertiary/aromatic N) is 5. The first-order valence-corrected chi connectivity index (χ1v) is 8.52. The van der Waals surface area contributed by atoms with E-state index in [0.717, 1.165) is 48.0 Å². The molecule has 6 heteroatoms. The molecule has 0 aliphatic carbocycles. The van der Waals surface area contributed by atoms with Crippen molar-refractivity contribution in [2.75, 3.05) is 6.54 Å². The molecule has 0 spiro atoms. The van der Waals surface area contributed by atoms with Crippen molar-refractivity contribution in [2.45, 2.75) is 53.1 Å². The number of likely N-dealkylation sites (tertiary alicyclic amines) is 1. The van der Waals surface area contributed by atoms with Crippen molar-refractivity contribution in [2.24, 2.45) is 0 Å². The molecule has 1 fully saturated rings. The van der Waals surface area contributed by atoms with Gasteiger partial charge >= 0.3 is 0 Å². The van der Waals surface area contributed by atoms with Gasteiger partial charge in [0.1, 0.15) is 5.76 Å². The third-order valence-corrected chi connectivity index (χ3v) is 5.01. The predicted octanol–water partition coefficient (Wildman–Crippen LogP) is 3.29. The van der Waals surface area contributed by atoms with Crippen LogP contribution in [0, 0.1) is 27.7 Å². The standard InChI is InChI=1S/C18H23N5O/c1-11-8-12(2)23-18(20-11)15(9-19-23)10-22-7-5-6-16(22)17-13(3)21-24-14(17)4/h8-9,16H,5-7,10H2,1-4H3. The van der Waals surface area contributed by atoms with Gasteiger partial charge in [-0.2, -0.15) is 5.10 Å². The summed E-state index contributed by atoms with van der Waals surface area (Å²) in [7, 11) is 0. The summed E-state index contributed by atoms with van der Waals surface area (Å²) in [5.41, 5.74) is 6.56. The molecule has 1 unspecified atom stereocenters. The van der Waals surface area contributed by atoms with Crippen molar-refractivity contribution in [1.82, 2.24) is 24.7 Å². The highest BCUT2D eigenvalue weighted by molar-refractivity contribution is 5.48. The van der Waals surface area contributed by atoms with E-state index in [1.165, 1.54) is 17.5 Å². The summed E-state index contributed by atoms with van der Waals surface area (Å²) in [5, 5.41) is 8.66. The van der Waals surface area contributed by atoms with Crippen molar-refractivity contribution >= 4 is 5.65 Å². The van der Waals surface area contributed by atoms with Gasteiger partial charge in [-0.1, -0.05) is 5.16 Å². The van der Waals surface area contributed by atoms with E-state index in [1.807, 2.05) is 31.5 Å². The molecule has 3 aromatic rings. The largest absolute Gasteiger partial charge is 0.361 e. The molecule has 24 heavy (non-hydrogen) atoms. The summed E-state index contributed by atoms with van der Waals surface area (Å²) in [6, 6.07) is 2.43. The maximum absolute atomic E-state index is 5.39. The van der Waals surface area contributed by atoms with E-state index in [1.54, 1.807) is 0 Å². The number of aryl methyl sites for hydroxylation is 4. The molecule has 0 amide bonds. The number of fused-ring (bicyclic) bond motifs is 1. The van der Waals surface area contributed by atoms with E-state index in [9.17, 15) is 0 Å². The Bertz CT molecular complexity index is 875. The van der Waals surface area contributed by atoms with E-state index in [-0.39, 0.29) is 0 Å². The third kappa shape index (κ3) is 2.41. The molecule has 0 N–H and O–H groups in total. The van der Waals surface area contributed by atoms with Crippen molar-refractivity contribution in [3.8, 4) is 0 Å². The van der Waals surface area contributed by atoms with Gasteiger partial charge in [-0.05, 0) is 53.1 Å². The molecule has 1 aliphatic heterocycles. The van der Waals surface area contributed by atoms with Crippen LogP contribution in [0.1, 0.15) is 52.9 Å². The van der Waals surface area contributed by atoms with E-state index in [0.29, 0.717) is 6.04 Å². The third-order valence-electron chi connectivity index (χ3n) is 5.01. The van der Waals surface area contributed by atoms with E-state index < -0.39 is 0 Å². The fourth-order valence-electron chi connectivity index (χ4n) is 3.95. The van der Waals surface area contributed by atoms with Gasteiger partial charge < -0.3 is 4.52 Å². The topological polar surface area (TPSA) is 59.5 Å². The van der Waals surface area contributed by atoms with Crippen molar-refractivity contribution < 1.29 is 4.52 Å². The highest BCUT2D eigenvalue weighted by atomic mass is 16.5. The normalized spacial score (nSPS) is 18.8. The summed E-state index contributed by atoms with van der Waals surface area (Å²) in [6.07, 6.45) is 4.30. The van der Waals surface area contributed by atoms with Crippen LogP contribution in [0.15, 0.2) is 16.8 Å². The van der Waals surface area contributed by atoms with Gasteiger partial charge in [0.15, 0.2) is 5.65 Å². The molecular weight excluding hydrogens is 302 g/mol. The second-order valence-electron chi connectivity index (χ2n) is 6.81. The Morgan fingerprint density at radius 2 is 2.08 bits per heavy atom. The maximum Gasteiger partial charge on any atom is 0.159 e. The van der Waals surface area contributed by atoms with E-state index in [4.69, 9.17) is 9.51 Å². The molecule has 1 atom stereocenters. The molecule has 0 aromatic carbocycles. The molecule has 0 radical (unpaired) electrons. The Hall–Kier alpha value is -2.21. The number of aromatic nitrogens is 4. The number of hydrogen-bond acceptors (Lipinski definition) is 5. The van der Waals surface area contributed by atoms with Crippen LogP contribution in [0.5, 0.6) is 0 Å². The quantitative estimate of drug-likeness (QED) is 0.739. The van der Waals surface area contributed by atoms with E-state index >= 15 is 0 Å². The summed E-state index contributed by atoms with van der Waals surface area (Å²) in [5.74, 6) is 0.939. The maximum atomic E-state index is 5.39. The predicted molar refractivity (Wildman–Crippen MR) is 90.8 cm³/mol. The molecule has 0 bridgehead atoms. The average molecular weight is 325 g/mol. The highest BCUT2D eigenvalue weighted by Crippen LogP contribution is 2.36. The molecule has 4 heterocycles. The second kappa shape index (κ2) is 5.70. The molecule has 0 saturated carbocycles. The van der Waals surface area contributed by atoms with Crippen LogP contribution < -0.4 is 0 Å². The highest BCUT2D eigenvalue weighted by Gasteiger charge is 2.31. The van der Waals surface area contributed by atoms with Crippen LogP contribution in [0.2, 0.25) is 0 Å². The van der Waals surface area contributed by atoms with Crippen LogP contribution in [0.25, 0.3) is 5.65 Å². The molecule has 3 aromatic heterocycles. The zero-order chi connectivity index (χ0) is 16.8. The Morgan fingerprint density at radius 3 is 2.83 bits per heavy atom. The van der Waals surface area contributed by atoms with Crippen LogP contribution in [-0.4, -0.2) is 31.2 Å². The van der Waals surface area contributed by atoms with Gasteiger partial charge in [0.05, 0.1) is 11.9 Å². The van der Waals surface area contributed by atoms with Crippen LogP contribution in [0.3, 0.4) is 0 Å². The fraction of sp³-hybridized carbons (Fsp3) is 0.500. The second-order valence-corrected chi connectivity index (χ2v) is 6.81. The van der Waals surface area contributed by atoms with Crippen LogP contribution in [0.4, 0.5) is 0 Å². The lowest BCUT2D eigenvalue weighted by Crippen LogP contribution is -2.23. The Kier molecular flexibility index (Phi) is 3.64. The first kappa shape index (κ1) is 15.3. The van der Waals surface area contributed by atoms with Gasteiger partial charge in [-0.15, -0.1) is 0 Å². The summed E-state index contributed by atoms with van der Waals surface area (Å²) >= 11 is 0. The molecule has 1 saturated heterocycles. The van der Waals surface area contributed by atoms with Gasteiger partial charge in [-0.3, -0.25) is 4.90 Å². The molecule has 6 nitrogen and oxygen atoms in total. The summed E-state index contributed by atoms with van der Waals surface area (Å²) in [6.45, 7) is 10.1. The fourth-order valence-corrected chi connectivity index (χ4v) is 3.95. The molecule has 126 valence electrons. The average Bonchev–Trinajstić information content (AvgIpc) is 3.21. The van der Waals surface area contributed by atoms with Crippen molar-refractivity contribution in [3.05, 3.63) is 46.2 Å². The monoisotopic (exact) mass is 325 g/mol. The molecular formula is C18H23N5O. The minimum absolute atomic E-state index is 0.372. The Morgan fingerprint density at radius 1 is 1.25 bits per heavy atom. The molecule has 4 rings (SSSR count). The minimum Gasteiger partial charge on any atom is -0.361 e. The summed E-state index contributed by atoms with van der Waals surface area (Å²) in [4.78, 5) is 7.21. The smallest absolute Gasteiger partial charge is 0.159 e. The van der Waals surface area contributed by atoms with Crippen molar-refractivity contribution in [1.29, 1.82) is 0 Å². The molecule has 1 aliphatic rings. The minimum atomic E-state index is 0.372. The van der Waals surface area contributed by atoms with Gasteiger partial charge in [0, 0.05) is 35.1 Å². The lowest BCUT2D eigenvalue weighted by molar-refractivity contribution is 0.246. The zero-order valence-corrected chi connectivity index (χ0v) is 14.7. The lowest BCUT2D eigenvalue weighted by atomic mass is 10.0. The first-order chi connectivity index (χ1) is 11.5. The Balaban J connectivity index is 1.68. The van der Waals surface area contributed by atoms with Gasteiger partial charge in [0.2, 0.25) is 0 Å². The van der Waals surface area contributed by atoms with Gasteiger partial charge in [-0.25, -0.2) is 9.50 Å². The van der Waals surface area contributed by atoms with Crippen LogP contribution >= 0.6 is 0 Å². The first-order valence-electron chi connectivity index (χ1n) is 8.52. The van der Waals surface area contributed by atoms with Gasteiger partial charge in [0.25, 0.3) is 0 Å². The lowest BCUT2D eigenvalue weighted by Gasteiger charge is -2.24. The number of rotatable bonds is 3. The van der Waals surface area contributed by atoms with E-state index in [2.05, 4.69) is 28.1 Å². The number of hydrogen-bond donors (Lipinski definition) is 0. The summed E-state index contributed by atoms with van der Waals surface area (Å²) < 4.78 is 7.32. The Labute approximate surface area is 141 Å². The van der Waals surface area contributed by atoms with Crippen LogP contribution in [-0.2, 0) is 6.54 Å².